The SMILES string of the molecule is COc1ccccc1CN(Cc1cccnc1)Cc1cn(CC(N)=O)c2ccccc12. The van der Waals surface area contributed by atoms with Crippen molar-refractivity contribution >= 4 is 16.8 Å². The molecule has 0 fully saturated rings. The Morgan fingerprint density at radius 2 is 1.77 bits per heavy atom. The number of primary amides is 1. The van der Waals surface area contributed by atoms with Gasteiger partial charge < -0.3 is 15.0 Å². The van der Waals surface area contributed by atoms with Crippen molar-refractivity contribution in [2.45, 2.75) is 26.2 Å². The van der Waals surface area contributed by atoms with Crippen molar-refractivity contribution in [2.24, 2.45) is 5.73 Å². The minimum absolute atomic E-state index is 0.162. The molecule has 0 unspecified atom stereocenters. The zero-order valence-corrected chi connectivity index (χ0v) is 17.6. The Morgan fingerprint density at radius 1 is 1.00 bits per heavy atom. The normalized spacial score (nSPS) is 11.2. The van der Waals surface area contributed by atoms with Crippen molar-refractivity contribution in [1.29, 1.82) is 0 Å². The third-order valence-corrected chi connectivity index (χ3v) is 5.31. The van der Waals surface area contributed by atoms with Gasteiger partial charge in [0.2, 0.25) is 5.91 Å². The number of pyridine rings is 1. The topological polar surface area (TPSA) is 73.4 Å². The molecule has 2 aromatic heterocycles. The molecule has 158 valence electrons. The quantitative estimate of drug-likeness (QED) is 0.453. The van der Waals surface area contributed by atoms with Gasteiger partial charge in [-0.25, -0.2) is 0 Å². The van der Waals surface area contributed by atoms with Gasteiger partial charge in [-0.1, -0.05) is 42.5 Å². The van der Waals surface area contributed by atoms with E-state index in [0.29, 0.717) is 13.1 Å². The van der Waals surface area contributed by atoms with Crippen LogP contribution in [0.1, 0.15) is 16.7 Å². The number of carbonyl (C=O) groups is 1. The van der Waals surface area contributed by atoms with Crippen LogP contribution in [0, 0.1) is 0 Å². The molecule has 0 aliphatic rings. The van der Waals surface area contributed by atoms with Gasteiger partial charge in [0.15, 0.2) is 0 Å². The number of ether oxygens (including phenoxy) is 1. The summed E-state index contributed by atoms with van der Waals surface area (Å²) >= 11 is 0. The molecule has 0 aliphatic heterocycles. The molecule has 0 saturated carbocycles. The van der Waals surface area contributed by atoms with Crippen LogP contribution >= 0.6 is 0 Å². The number of rotatable bonds is 9. The first-order valence-corrected chi connectivity index (χ1v) is 10.2. The number of hydrogen-bond acceptors (Lipinski definition) is 4. The predicted molar refractivity (Wildman–Crippen MR) is 121 cm³/mol. The molecule has 6 heteroatoms. The molecule has 0 bridgehead atoms. The van der Waals surface area contributed by atoms with Gasteiger partial charge in [-0.05, 0) is 29.3 Å². The van der Waals surface area contributed by atoms with Crippen LogP contribution in [0.5, 0.6) is 5.75 Å². The molecule has 2 heterocycles. The highest BCUT2D eigenvalue weighted by molar-refractivity contribution is 5.85. The van der Waals surface area contributed by atoms with Crippen LogP contribution in [0.2, 0.25) is 0 Å². The van der Waals surface area contributed by atoms with E-state index in [-0.39, 0.29) is 12.5 Å². The van der Waals surface area contributed by atoms with Gasteiger partial charge in [0, 0.05) is 54.7 Å². The Hall–Kier alpha value is -3.64. The molecular formula is C25H26N4O2. The fourth-order valence-electron chi connectivity index (χ4n) is 3.98. The minimum Gasteiger partial charge on any atom is -0.496 e. The zero-order chi connectivity index (χ0) is 21.6. The molecule has 6 nitrogen and oxygen atoms in total. The third-order valence-electron chi connectivity index (χ3n) is 5.31. The molecule has 31 heavy (non-hydrogen) atoms. The lowest BCUT2D eigenvalue weighted by Gasteiger charge is -2.23. The summed E-state index contributed by atoms with van der Waals surface area (Å²) in [5, 5.41) is 1.12. The standard InChI is InChI=1S/C25H26N4O2/c1-31-24-11-5-2-8-20(24)15-28(14-19-7-6-12-27-13-19)16-21-17-29(18-25(26)30)23-10-4-3-9-22(21)23/h2-13,17H,14-16,18H2,1H3,(H2,26,30). The molecule has 0 saturated heterocycles. The van der Waals surface area contributed by atoms with Gasteiger partial charge in [-0.15, -0.1) is 0 Å². The number of hydrogen-bond donors (Lipinski definition) is 1. The van der Waals surface area contributed by atoms with Crippen LogP contribution in [0.3, 0.4) is 0 Å². The summed E-state index contributed by atoms with van der Waals surface area (Å²) < 4.78 is 7.50. The highest BCUT2D eigenvalue weighted by Crippen LogP contribution is 2.26. The van der Waals surface area contributed by atoms with Crippen LogP contribution in [0.25, 0.3) is 10.9 Å². The van der Waals surface area contributed by atoms with Gasteiger partial charge in [-0.3, -0.25) is 14.7 Å². The van der Waals surface area contributed by atoms with Gasteiger partial charge in [0.25, 0.3) is 0 Å². The van der Waals surface area contributed by atoms with Gasteiger partial charge in [0.05, 0.1) is 7.11 Å². The molecule has 0 atom stereocenters. The smallest absolute Gasteiger partial charge is 0.237 e. The van der Waals surface area contributed by atoms with Gasteiger partial charge in [0.1, 0.15) is 12.3 Å². The van der Waals surface area contributed by atoms with E-state index >= 15 is 0 Å². The summed E-state index contributed by atoms with van der Waals surface area (Å²) in [6, 6.07) is 20.2. The molecule has 0 spiro atoms. The highest BCUT2D eigenvalue weighted by Gasteiger charge is 2.16. The van der Waals surface area contributed by atoms with Crippen LogP contribution in [-0.2, 0) is 31.0 Å². The number of methoxy groups -OCH3 is 1. The van der Waals surface area contributed by atoms with E-state index in [0.717, 1.165) is 39.9 Å². The van der Waals surface area contributed by atoms with Crippen LogP contribution < -0.4 is 10.5 Å². The first-order valence-electron chi connectivity index (χ1n) is 10.2. The van der Waals surface area contributed by atoms with E-state index in [1.165, 1.54) is 0 Å². The van der Waals surface area contributed by atoms with Crippen molar-refractivity contribution in [3.05, 3.63) is 95.9 Å². The maximum atomic E-state index is 11.6. The number of para-hydroxylation sites is 2. The van der Waals surface area contributed by atoms with Crippen molar-refractivity contribution in [2.75, 3.05) is 7.11 Å². The molecule has 1 amide bonds. The number of nitrogens with zero attached hydrogens (tertiary/aromatic N) is 3. The Kier molecular flexibility index (Phi) is 6.29. The van der Waals surface area contributed by atoms with E-state index in [9.17, 15) is 4.79 Å². The number of amides is 1. The maximum absolute atomic E-state index is 11.6. The van der Waals surface area contributed by atoms with E-state index in [1.807, 2.05) is 59.4 Å². The summed E-state index contributed by atoms with van der Waals surface area (Å²) in [7, 11) is 1.70. The Morgan fingerprint density at radius 3 is 2.55 bits per heavy atom. The summed E-state index contributed by atoms with van der Waals surface area (Å²) in [5.74, 6) is 0.517. The van der Waals surface area contributed by atoms with Crippen LogP contribution in [0.15, 0.2) is 79.3 Å². The Labute approximate surface area is 181 Å². The molecule has 0 aliphatic carbocycles. The number of benzene rings is 2. The van der Waals surface area contributed by atoms with Gasteiger partial charge in [-0.2, -0.15) is 0 Å². The summed E-state index contributed by atoms with van der Waals surface area (Å²) in [5.41, 5.74) is 9.89. The van der Waals surface area contributed by atoms with Crippen molar-refractivity contribution in [3.63, 3.8) is 0 Å². The molecule has 0 radical (unpaired) electrons. The summed E-state index contributed by atoms with van der Waals surface area (Å²) in [6.07, 6.45) is 5.71. The Bertz CT molecular complexity index is 1170. The third kappa shape index (κ3) is 4.92. The summed E-state index contributed by atoms with van der Waals surface area (Å²) in [4.78, 5) is 18.2. The fourth-order valence-corrected chi connectivity index (χ4v) is 3.98. The van der Waals surface area contributed by atoms with Crippen molar-refractivity contribution < 1.29 is 9.53 Å². The number of carbonyl (C=O) groups excluding carboxylic acids is 1. The molecule has 2 aromatic carbocycles. The van der Waals surface area contributed by atoms with Crippen LogP contribution in [-0.4, -0.2) is 27.5 Å². The monoisotopic (exact) mass is 414 g/mol. The van der Waals surface area contributed by atoms with Crippen molar-refractivity contribution in [3.8, 4) is 5.75 Å². The lowest BCUT2D eigenvalue weighted by Crippen LogP contribution is -2.23. The van der Waals surface area contributed by atoms with E-state index < -0.39 is 0 Å². The number of aromatic nitrogens is 2. The second-order valence-electron chi connectivity index (χ2n) is 7.58. The maximum Gasteiger partial charge on any atom is 0.237 e. The fraction of sp³-hybridized carbons (Fsp3) is 0.200. The average Bonchev–Trinajstić information content (AvgIpc) is 3.11. The van der Waals surface area contributed by atoms with Crippen LogP contribution in [0.4, 0.5) is 0 Å². The van der Waals surface area contributed by atoms with E-state index in [2.05, 4.69) is 28.1 Å². The van der Waals surface area contributed by atoms with Gasteiger partial charge >= 0.3 is 0 Å². The first-order chi connectivity index (χ1) is 15.1. The highest BCUT2D eigenvalue weighted by atomic mass is 16.5. The molecule has 2 N–H and O–H groups in total. The number of fused-ring (bicyclic) bond motifs is 1. The second kappa shape index (κ2) is 9.45. The zero-order valence-electron chi connectivity index (χ0n) is 17.6. The summed E-state index contributed by atoms with van der Waals surface area (Å²) in [6.45, 7) is 2.32. The van der Waals surface area contributed by atoms with Crippen molar-refractivity contribution in [1.82, 2.24) is 14.5 Å². The lowest BCUT2D eigenvalue weighted by atomic mass is 10.1. The minimum atomic E-state index is -0.353. The largest absolute Gasteiger partial charge is 0.496 e. The first kappa shape index (κ1) is 20.6. The predicted octanol–water partition coefficient (Wildman–Crippen LogP) is 3.73. The van der Waals surface area contributed by atoms with E-state index in [4.69, 9.17) is 10.5 Å². The lowest BCUT2D eigenvalue weighted by molar-refractivity contribution is -0.118. The molecule has 4 rings (SSSR count). The van der Waals surface area contributed by atoms with E-state index in [1.54, 1.807) is 13.3 Å². The average molecular weight is 415 g/mol. The number of nitrogens with two attached hydrogens (primary N) is 1. The Balaban J connectivity index is 1.68. The molecule has 4 aromatic rings. The second-order valence-corrected chi connectivity index (χ2v) is 7.58. The molecular weight excluding hydrogens is 388 g/mol.